The topological polar surface area (TPSA) is 51.1 Å². The number of nitrogens with zero attached hydrogens (tertiary/aromatic N) is 4. The molecule has 1 saturated heterocycles. The van der Waals surface area contributed by atoms with Gasteiger partial charge in [0.1, 0.15) is 16.9 Å². The van der Waals surface area contributed by atoms with Gasteiger partial charge in [-0.1, -0.05) is 11.3 Å². The zero-order valence-corrected chi connectivity index (χ0v) is 12.8. The molecule has 1 aliphatic carbocycles. The second-order valence-corrected chi connectivity index (χ2v) is 6.80. The number of ether oxygens (including phenoxy) is 1. The molecule has 2 fully saturated rings. The van der Waals surface area contributed by atoms with E-state index in [0.717, 1.165) is 36.0 Å². The summed E-state index contributed by atoms with van der Waals surface area (Å²) in [4.78, 5) is 6.40. The molecular formula is C15H18N4OS. The predicted molar refractivity (Wildman–Crippen MR) is 82.1 cm³/mol. The van der Waals surface area contributed by atoms with Crippen LogP contribution in [0.1, 0.15) is 35.8 Å². The number of rotatable bonds is 4. The fourth-order valence-corrected chi connectivity index (χ4v) is 3.67. The van der Waals surface area contributed by atoms with Crippen LogP contribution in [0.5, 0.6) is 5.75 Å². The zero-order chi connectivity index (χ0) is 14.2. The fraction of sp³-hybridized carbons (Fsp3) is 0.533. The maximum absolute atomic E-state index is 6.10. The Morgan fingerprint density at radius 2 is 2.19 bits per heavy atom. The number of pyridine rings is 1. The summed E-state index contributed by atoms with van der Waals surface area (Å²) in [6.07, 6.45) is 7.43. The lowest BCUT2D eigenvalue weighted by atomic mass is 10.2. The molecule has 2 aliphatic rings. The van der Waals surface area contributed by atoms with Crippen molar-refractivity contribution < 1.29 is 4.74 Å². The van der Waals surface area contributed by atoms with E-state index >= 15 is 0 Å². The van der Waals surface area contributed by atoms with Gasteiger partial charge < -0.3 is 9.64 Å². The van der Waals surface area contributed by atoms with Crippen LogP contribution in [-0.4, -0.2) is 34.4 Å². The van der Waals surface area contributed by atoms with Crippen molar-refractivity contribution in [2.24, 2.45) is 0 Å². The molecule has 4 rings (SSSR count). The molecule has 1 unspecified atom stereocenters. The van der Waals surface area contributed by atoms with E-state index in [1.54, 1.807) is 17.5 Å². The van der Waals surface area contributed by atoms with Gasteiger partial charge in [0, 0.05) is 36.8 Å². The number of anilines is 1. The molecule has 1 saturated carbocycles. The maximum atomic E-state index is 6.10. The van der Waals surface area contributed by atoms with Crippen molar-refractivity contribution >= 4 is 16.5 Å². The van der Waals surface area contributed by atoms with Crippen LogP contribution in [0.15, 0.2) is 18.5 Å². The lowest BCUT2D eigenvalue weighted by molar-refractivity contribution is 0.223. The second kappa shape index (κ2) is 5.26. The van der Waals surface area contributed by atoms with Gasteiger partial charge in [-0.15, -0.1) is 10.2 Å². The van der Waals surface area contributed by atoms with Gasteiger partial charge in [-0.05, 0) is 25.8 Å². The van der Waals surface area contributed by atoms with Gasteiger partial charge in [0.25, 0.3) is 0 Å². The van der Waals surface area contributed by atoms with Crippen LogP contribution < -0.4 is 9.64 Å². The summed E-state index contributed by atoms with van der Waals surface area (Å²) in [5.74, 6) is 1.62. The highest BCUT2D eigenvalue weighted by molar-refractivity contribution is 7.15. The van der Waals surface area contributed by atoms with E-state index in [1.165, 1.54) is 17.8 Å². The molecule has 0 amide bonds. The smallest absolute Gasteiger partial charge is 0.208 e. The summed E-state index contributed by atoms with van der Waals surface area (Å²) in [6.45, 7) is 3.91. The lowest BCUT2D eigenvalue weighted by Gasteiger charge is -2.16. The highest BCUT2D eigenvalue weighted by Gasteiger charge is 2.31. The Balaban J connectivity index is 1.41. The summed E-state index contributed by atoms with van der Waals surface area (Å²) in [6, 6.07) is 1.94. The second-order valence-electron chi connectivity index (χ2n) is 5.81. The molecule has 3 heterocycles. The predicted octanol–water partition coefficient (Wildman–Crippen LogP) is 2.78. The molecule has 0 bridgehead atoms. The highest BCUT2D eigenvalue weighted by Crippen LogP contribution is 2.43. The normalized spacial score (nSPS) is 21.8. The van der Waals surface area contributed by atoms with Crippen molar-refractivity contribution in [3.05, 3.63) is 29.0 Å². The zero-order valence-electron chi connectivity index (χ0n) is 12.0. The van der Waals surface area contributed by atoms with Crippen molar-refractivity contribution in [2.45, 2.75) is 38.2 Å². The fourth-order valence-electron chi connectivity index (χ4n) is 2.62. The molecule has 1 aliphatic heterocycles. The van der Waals surface area contributed by atoms with E-state index < -0.39 is 0 Å². The van der Waals surface area contributed by atoms with E-state index in [0.29, 0.717) is 5.92 Å². The van der Waals surface area contributed by atoms with E-state index in [4.69, 9.17) is 4.74 Å². The molecule has 5 nitrogen and oxygen atoms in total. The Labute approximate surface area is 128 Å². The Morgan fingerprint density at radius 1 is 1.29 bits per heavy atom. The van der Waals surface area contributed by atoms with Gasteiger partial charge >= 0.3 is 0 Å². The molecule has 0 aromatic carbocycles. The Bertz CT molecular complexity index is 640. The molecule has 110 valence electrons. The third kappa shape index (κ3) is 2.72. The molecule has 2 aromatic heterocycles. The summed E-state index contributed by atoms with van der Waals surface area (Å²) in [7, 11) is 0. The average Bonchev–Trinajstić information content (AvgIpc) is 3.04. The van der Waals surface area contributed by atoms with Gasteiger partial charge in [0.15, 0.2) is 0 Å². The first-order valence-corrected chi connectivity index (χ1v) is 8.27. The Kier molecular flexibility index (Phi) is 3.25. The Morgan fingerprint density at radius 3 is 3.00 bits per heavy atom. The Hall–Kier alpha value is -1.69. The standard InChI is InChI=1S/C15H18N4OS/c1-10-8-16-6-4-13(10)20-12-5-7-19(9-12)15-18-17-14(21-15)11-2-3-11/h4,6,8,11-12H,2-3,5,7,9H2,1H3. The van der Waals surface area contributed by atoms with Gasteiger partial charge in [-0.2, -0.15) is 0 Å². The van der Waals surface area contributed by atoms with E-state index in [2.05, 4.69) is 20.1 Å². The minimum atomic E-state index is 0.222. The van der Waals surface area contributed by atoms with Crippen molar-refractivity contribution in [3.8, 4) is 5.75 Å². The van der Waals surface area contributed by atoms with Crippen LogP contribution in [0, 0.1) is 6.92 Å². The summed E-state index contributed by atoms with van der Waals surface area (Å²) in [5, 5.41) is 10.9. The number of hydrogen-bond acceptors (Lipinski definition) is 6. The molecule has 0 radical (unpaired) electrons. The van der Waals surface area contributed by atoms with Gasteiger partial charge in [-0.25, -0.2) is 0 Å². The summed E-state index contributed by atoms with van der Waals surface area (Å²) in [5.41, 5.74) is 1.09. The van der Waals surface area contributed by atoms with Crippen LogP contribution in [-0.2, 0) is 0 Å². The highest BCUT2D eigenvalue weighted by atomic mass is 32.1. The molecule has 21 heavy (non-hydrogen) atoms. The van der Waals surface area contributed by atoms with E-state index in [9.17, 15) is 0 Å². The quantitative estimate of drug-likeness (QED) is 0.869. The minimum absolute atomic E-state index is 0.222. The third-order valence-electron chi connectivity index (χ3n) is 4.03. The first kappa shape index (κ1) is 13.0. The molecule has 1 atom stereocenters. The SMILES string of the molecule is Cc1cnccc1OC1CCN(c2nnc(C3CC3)s2)C1. The largest absolute Gasteiger partial charge is 0.488 e. The average molecular weight is 302 g/mol. The van der Waals surface area contributed by atoms with E-state index in [1.807, 2.05) is 19.2 Å². The van der Waals surface area contributed by atoms with Gasteiger partial charge in [0.2, 0.25) is 5.13 Å². The lowest BCUT2D eigenvalue weighted by Crippen LogP contribution is -2.24. The van der Waals surface area contributed by atoms with Crippen LogP contribution in [0.2, 0.25) is 0 Å². The van der Waals surface area contributed by atoms with Crippen LogP contribution in [0.4, 0.5) is 5.13 Å². The first-order chi connectivity index (χ1) is 10.3. The summed E-state index contributed by atoms with van der Waals surface area (Å²) < 4.78 is 6.10. The van der Waals surface area contributed by atoms with Crippen LogP contribution in [0.3, 0.4) is 0 Å². The molecule has 2 aromatic rings. The molecular weight excluding hydrogens is 284 g/mol. The monoisotopic (exact) mass is 302 g/mol. The third-order valence-corrected chi connectivity index (χ3v) is 5.18. The van der Waals surface area contributed by atoms with Crippen LogP contribution >= 0.6 is 11.3 Å². The molecule has 0 spiro atoms. The van der Waals surface area contributed by atoms with Crippen molar-refractivity contribution in [1.82, 2.24) is 15.2 Å². The van der Waals surface area contributed by atoms with Crippen molar-refractivity contribution in [1.29, 1.82) is 0 Å². The minimum Gasteiger partial charge on any atom is -0.488 e. The van der Waals surface area contributed by atoms with Crippen LogP contribution in [0.25, 0.3) is 0 Å². The number of aryl methyl sites for hydroxylation is 1. The summed E-state index contributed by atoms with van der Waals surface area (Å²) >= 11 is 1.75. The van der Waals surface area contributed by atoms with Crippen molar-refractivity contribution in [3.63, 3.8) is 0 Å². The molecule has 0 N–H and O–H groups in total. The number of hydrogen-bond donors (Lipinski definition) is 0. The first-order valence-electron chi connectivity index (χ1n) is 7.45. The van der Waals surface area contributed by atoms with Crippen molar-refractivity contribution in [2.75, 3.05) is 18.0 Å². The molecule has 6 heteroatoms. The van der Waals surface area contributed by atoms with Gasteiger partial charge in [0.05, 0.1) is 6.54 Å². The van der Waals surface area contributed by atoms with E-state index in [-0.39, 0.29) is 6.10 Å². The number of aromatic nitrogens is 3. The van der Waals surface area contributed by atoms with Gasteiger partial charge in [-0.3, -0.25) is 4.98 Å². The maximum Gasteiger partial charge on any atom is 0.208 e.